The molecule has 0 spiro atoms. The summed E-state index contributed by atoms with van der Waals surface area (Å²) in [5.74, 6) is 0.354. The van der Waals surface area contributed by atoms with Crippen molar-refractivity contribution in [3.8, 4) is 6.07 Å². The van der Waals surface area contributed by atoms with Crippen LogP contribution in [0.3, 0.4) is 0 Å². The van der Waals surface area contributed by atoms with E-state index in [4.69, 9.17) is 26.3 Å². The first-order valence-electron chi connectivity index (χ1n) is 6.58. The molecule has 5 heteroatoms. The average Bonchev–Trinajstić information content (AvgIpc) is 2.84. The number of benzene rings is 1. The summed E-state index contributed by atoms with van der Waals surface area (Å²) in [7, 11) is 0. The van der Waals surface area contributed by atoms with Crippen molar-refractivity contribution in [2.24, 2.45) is 0 Å². The number of ether oxygens (including phenoxy) is 2. The highest BCUT2D eigenvalue weighted by molar-refractivity contribution is 6.17. The topological polar surface area (TPSA) is 47.2 Å². The van der Waals surface area contributed by atoms with Crippen LogP contribution in [0.1, 0.15) is 31.5 Å². The molecule has 0 N–H and O–H groups in total. The van der Waals surface area contributed by atoms with Crippen molar-refractivity contribution < 1.29 is 9.47 Å². The first-order valence-corrected chi connectivity index (χ1v) is 7.11. The van der Waals surface area contributed by atoms with Crippen LogP contribution in [0.2, 0.25) is 0 Å². The van der Waals surface area contributed by atoms with Gasteiger partial charge < -0.3 is 9.47 Å². The minimum Gasteiger partial charge on any atom is -0.335 e. The van der Waals surface area contributed by atoms with Crippen LogP contribution >= 0.6 is 11.6 Å². The molecule has 0 aliphatic carbocycles. The minimum atomic E-state index is -0.496. The Morgan fingerprint density at radius 2 is 1.95 bits per heavy atom. The maximum Gasteiger partial charge on any atom is 0.244 e. The summed E-state index contributed by atoms with van der Waals surface area (Å²) < 4.78 is 13.2. The smallest absolute Gasteiger partial charge is 0.244 e. The van der Waals surface area contributed by atoms with Crippen LogP contribution in [0, 0.1) is 11.3 Å². The van der Waals surface area contributed by atoms with Crippen LogP contribution in [-0.2, 0) is 15.4 Å². The van der Waals surface area contributed by atoms with Crippen molar-refractivity contribution in [2.75, 3.05) is 13.2 Å². The van der Waals surface area contributed by atoms with Crippen LogP contribution in [0.25, 0.3) is 10.9 Å². The fraction of sp³-hybridized carbons (Fsp3) is 0.400. The van der Waals surface area contributed by atoms with Crippen LogP contribution in [0.5, 0.6) is 0 Å². The third-order valence-corrected chi connectivity index (χ3v) is 3.29. The largest absolute Gasteiger partial charge is 0.335 e. The molecule has 0 unspecified atom stereocenters. The van der Waals surface area contributed by atoms with E-state index in [9.17, 15) is 0 Å². The standard InChI is InChI=1S/C15H17ClN2O2/c1-3-19-15(20-4-2)18-13(9-16)8-12-7-11(10-17)5-6-14(12)18/h5-8,15H,3-4,9H2,1-2H3. The molecule has 1 aromatic carbocycles. The summed E-state index contributed by atoms with van der Waals surface area (Å²) >= 11 is 6.02. The number of hydrogen-bond donors (Lipinski definition) is 0. The first-order chi connectivity index (χ1) is 9.74. The fourth-order valence-electron chi connectivity index (χ4n) is 2.20. The second-order valence-electron chi connectivity index (χ2n) is 4.24. The van der Waals surface area contributed by atoms with E-state index in [0.29, 0.717) is 24.7 Å². The number of aromatic nitrogens is 1. The number of rotatable bonds is 6. The van der Waals surface area contributed by atoms with Crippen LogP contribution in [-0.4, -0.2) is 17.8 Å². The Hall–Kier alpha value is -1.54. The predicted molar refractivity (Wildman–Crippen MR) is 78.5 cm³/mol. The highest BCUT2D eigenvalue weighted by Crippen LogP contribution is 2.27. The summed E-state index contributed by atoms with van der Waals surface area (Å²) in [6.45, 7) is 4.93. The first kappa shape index (κ1) is 14.9. The zero-order valence-electron chi connectivity index (χ0n) is 11.6. The van der Waals surface area contributed by atoms with Gasteiger partial charge in [-0.3, -0.25) is 4.57 Å². The number of nitrogens with zero attached hydrogens (tertiary/aromatic N) is 2. The second-order valence-corrected chi connectivity index (χ2v) is 4.51. The lowest BCUT2D eigenvalue weighted by Crippen LogP contribution is -2.18. The summed E-state index contributed by atoms with van der Waals surface area (Å²) in [6, 6.07) is 9.63. The molecular weight excluding hydrogens is 276 g/mol. The molecule has 4 nitrogen and oxygen atoms in total. The summed E-state index contributed by atoms with van der Waals surface area (Å²) in [5.41, 5.74) is 2.48. The van der Waals surface area contributed by atoms with E-state index in [1.165, 1.54) is 0 Å². The molecule has 0 saturated carbocycles. The predicted octanol–water partition coefficient (Wildman–Crippen LogP) is 3.78. The van der Waals surface area contributed by atoms with Crippen molar-refractivity contribution in [2.45, 2.75) is 26.1 Å². The zero-order chi connectivity index (χ0) is 14.5. The molecule has 106 valence electrons. The molecule has 0 saturated heterocycles. The lowest BCUT2D eigenvalue weighted by atomic mass is 10.2. The molecule has 0 aliphatic rings. The van der Waals surface area contributed by atoms with Crippen molar-refractivity contribution in [3.63, 3.8) is 0 Å². The molecule has 0 radical (unpaired) electrons. The summed E-state index contributed by atoms with van der Waals surface area (Å²) in [6.07, 6.45) is -0.496. The van der Waals surface area contributed by atoms with E-state index in [-0.39, 0.29) is 0 Å². The SMILES string of the molecule is CCOC(OCC)n1c(CCl)cc2cc(C#N)ccc21. The Labute approximate surface area is 123 Å². The van der Waals surface area contributed by atoms with Gasteiger partial charge in [-0.05, 0) is 38.1 Å². The van der Waals surface area contributed by atoms with Gasteiger partial charge in [0.1, 0.15) is 0 Å². The average molecular weight is 293 g/mol. The molecule has 0 amide bonds. The molecule has 1 heterocycles. The fourth-order valence-corrected chi connectivity index (χ4v) is 2.40. The number of halogens is 1. The quantitative estimate of drug-likeness (QED) is 0.601. The molecular formula is C15H17ClN2O2. The maximum absolute atomic E-state index is 8.98. The Bertz CT molecular complexity index is 625. The molecule has 2 rings (SSSR count). The van der Waals surface area contributed by atoms with Crippen molar-refractivity contribution in [3.05, 3.63) is 35.5 Å². The molecule has 20 heavy (non-hydrogen) atoms. The Balaban J connectivity index is 2.57. The highest BCUT2D eigenvalue weighted by atomic mass is 35.5. The normalized spacial score (nSPS) is 11.2. The second kappa shape index (κ2) is 6.76. The lowest BCUT2D eigenvalue weighted by molar-refractivity contribution is -0.184. The van der Waals surface area contributed by atoms with Gasteiger partial charge in [-0.25, -0.2) is 0 Å². The van der Waals surface area contributed by atoms with Crippen molar-refractivity contribution in [1.29, 1.82) is 5.26 Å². The van der Waals surface area contributed by atoms with Crippen LogP contribution in [0.4, 0.5) is 0 Å². The minimum absolute atomic E-state index is 0.354. The van der Waals surface area contributed by atoms with Gasteiger partial charge in [-0.2, -0.15) is 5.26 Å². The molecule has 0 aliphatic heterocycles. The Morgan fingerprint density at radius 3 is 2.50 bits per heavy atom. The van der Waals surface area contributed by atoms with E-state index in [0.717, 1.165) is 16.6 Å². The lowest BCUT2D eigenvalue weighted by Gasteiger charge is -2.21. The Morgan fingerprint density at radius 1 is 1.25 bits per heavy atom. The monoisotopic (exact) mass is 292 g/mol. The van der Waals surface area contributed by atoms with Gasteiger partial charge in [0.25, 0.3) is 0 Å². The number of alkyl halides is 1. The van der Waals surface area contributed by atoms with E-state index in [1.54, 1.807) is 6.07 Å². The van der Waals surface area contributed by atoms with E-state index in [2.05, 4.69) is 6.07 Å². The molecule has 1 aromatic heterocycles. The maximum atomic E-state index is 8.98. The summed E-state index contributed by atoms with van der Waals surface area (Å²) in [4.78, 5) is 0. The van der Waals surface area contributed by atoms with Crippen LogP contribution < -0.4 is 0 Å². The van der Waals surface area contributed by atoms with Gasteiger partial charge in [0, 0.05) is 24.3 Å². The van der Waals surface area contributed by atoms with Gasteiger partial charge in [-0.15, -0.1) is 11.6 Å². The van der Waals surface area contributed by atoms with Gasteiger partial charge in [-0.1, -0.05) is 0 Å². The van der Waals surface area contributed by atoms with E-state index in [1.807, 2.05) is 36.6 Å². The third-order valence-electron chi connectivity index (χ3n) is 3.01. The van der Waals surface area contributed by atoms with E-state index >= 15 is 0 Å². The molecule has 0 fully saturated rings. The van der Waals surface area contributed by atoms with Gasteiger partial charge in [0.2, 0.25) is 6.41 Å². The van der Waals surface area contributed by atoms with Gasteiger partial charge in [0.05, 0.1) is 23.0 Å². The summed E-state index contributed by atoms with van der Waals surface area (Å²) in [5, 5.41) is 9.94. The van der Waals surface area contributed by atoms with E-state index < -0.39 is 6.41 Å². The van der Waals surface area contributed by atoms with Crippen LogP contribution in [0.15, 0.2) is 24.3 Å². The third kappa shape index (κ3) is 2.80. The van der Waals surface area contributed by atoms with Gasteiger partial charge >= 0.3 is 0 Å². The number of fused-ring (bicyclic) bond motifs is 1. The zero-order valence-corrected chi connectivity index (χ0v) is 12.4. The molecule has 0 bridgehead atoms. The molecule has 2 aromatic rings. The van der Waals surface area contributed by atoms with Crippen molar-refractivity contribution >= 4 is 22.5 Å². The van der Waals surface area contributed by atoms with Gasteiger partial charge in [0.15, 0.2) is 0 Å². The Kier molecular flexibility index (Phi) is 5.02. The highest BCUT2D eigenvalue weighted by Gasteiger charge is 2.18. The molecule has 0 atom stereocenters. The number of nitriles is 1. The number of hydrogen-bond acceptors (Lipinski definition) is 3. The van der Waals surface area contributed by atoms with Crippen molar-refractivity contribution in [1.82, 2.24) is 4.57 Å².